The fourth-order valence-electron chi connectivity index (χ4n) is 4.17. The van der Waals surface area contributed by atoms with Gasteiger partial charge >= 0.3 is 0 Å². The minimum absolute atomic E-state index is 0.0642. The highest BCUT2D eigenvalue weighted by atomic mass is 16.1. The first-order valence-corrected chi connectivity index (χ1v) is 10.4. The normalized spacial score (nSPS) is 14.2. The maximum atomic E-state index is 12.8. The van der Waals surface area contributed by atoms with E-state index in [1.807, 2.05) is 18.2 Å². The Morgan fingerprint density at radius 1 is 1.13 bits per heavy atom. The molecule has 0 saturated carbocycles. The third kappa shape index (κ3) is 3.41. The van der Waals surface area contributed by atoms with E-state index < -0.39 is 0 Å². The van der Waals surface area contributed by atoms with E-state index in [0.717, 1.165) is 60.6 Å². The van der Waals surface area contributed by atoms with Crippen LogP contribution >= 0.6 is 0 Å². The Morgan fingerprint density at radius 2 is 2.03 bits per heavy atom. The van der Waals surface area contributed by atoms with Crippen molar-refractivity contribution in [1.29, 1.82) is 0 Å². The molecule has 0 fully saturated rings. The summed E-state index contributed by atoms with van der Waals surface area (Å²) < 4.78 is 2.30. The van der Waals surface area contributed by atoms with Gasteiger partial charge in [-0.15, -0.1) is 0 Å². The van der Waals surface area contributed by atoms with Gasteiger partial charge in [0, 0.05) is 44.0 Å². The number of hydrogen-bond donors (Lipinski definition) is 1. The van der Waals surface area contributed by atoms with Crippen molar-refractivity contribution < 1.29 is 0 Å². The first-order valence-electron chi connectivity index (χ1n) is 10.4. The average molecular weight is 400 g/mol. The molecule has 1 N–H and O–H groups in total. The lowest BCUT2D eigenvalue weighted by Crippen LogP contribution is -2.36. The van der Waals surface area contributed by atoms with Crippen LogP contribution < -0.4 is 5.56 Å². The van der Waals surface area contributed by atoms with Crippen LogP contribution in [0.3, 0.4) is 0 Å². The van der Waals surface area contributed by atoms with Gasteiger partial charge in [0.05, 0.1) is 28.8 Å². The number of hydrogen-bond acceptors (Lipinski definition) is 5. The van der Waals surface area contributed by atoms with Gasteiger partial charge in [0.1, 0.15) is 11.6 Å². The van der Waals surface area contributed by atoms with Crippen LogP contribution in [0, 0.1) is 0 Å². The number of H-pyrrole nitrogens is 1. The average Bonchev–Trinajstić information content (AvgIpc) is 3.12. The second kappa shape index (κ2) is 7.84. The lowest BCUT2D eigenvalue weighted by Gasteiger charge is -2.27. The highest BCUT2D eigenvalue weighted by molar-refractivity contribution is 5.75. The topological polar surface area (TPSA) is 79.7 Å². The summed E-state index contributed by atoms with van der Waals surface area (Å²) >= 11 is 0. The maximum absolute atomic E-state index is 12.8. The van der Waals surface area contributed by atoms with Crippen LogP contribution in [0.4, 0.5) is 0 Å². The molecule has 1 aliphatic rings. The zero-order valence-corrected chi connectivity index (χ0v) is 17.0. The molecule has 0 radical (unpaired) electrons. The van der Waals surface area contributed by atoms with Crippen LogP contribution in [-0.2, 0) is 26.1 Å². The lowest BCUT2D eigenvalue weighted by atomic mass is 10.1. The molecule has 0 bridgehead atoms. The van der Waals surface area contributed by atoms with Gasteiger partial charge in [0.25, 0.3) is 5.56 Å². The number of aromatic nitrogens is 5. The smallest absolute Gasteiger partial charge is 0.255 e. The summed E-state index contributed by atoms with van der Waals surface area (Å²) in [4.78, 5) is 31.7. The lowest BCUT2D eigenvalue weighted by molar-refractivity contribution is 0.233. The highest BCUT2D eigenvalue weighted by Gasteiger charge is 2.23. The second-order valence-electron chi connectivity index (χ2n) is 7.71. The molecular weight excluding hydrogens is 376 g/mol. The first kappa shape index (κ1) is 18.7. The molecule has 0 atom stereocenters. The standard InChI is InChI=1S/C23H24N6O/c1-2-11-29-20-8-4-3-7-19(20)25-21(29)15-28-12-9-18-17(14-28)23(30)27-22(26-18)16-6-5-10-24-13-16/h3-8,10,13H,2,9,11-12,14-15H2,1H3,(H,26,27,30). The van der Waals surface area contributed by atoms with Gasteiger partial charge in [0.2, 0.25) is 0 Å². The summed E-state index contributed by atoms with van der Waals surface area (Å²) in [5, 5.41) is 0. The van der Waals surface area contributed by atoms with E-state index in [1.54, 1.807) is 12.4 Å². The molecule has 4 heterocycles. The Morgan fingerprint density at radius 3 is 2.87 bits per heavy atom. The second-order valence-corrected chi connectivity index (χ2v) is 7.71. The molecule has 0 amide bonds. The summed E-state index contributed by atoms with van der Waals surface area (Å²) in [6.45, 7) is 5.28. The number of aromatic amines is 1. The SMILES string of the molecule is CCCn1c(CN2CCc3nc(-c4cccnc4)[nH]c(=O)c3C2)nc2ccccc21. The van der Waals surface area contributed by atoms with Gasteiger partial charge in [-0.2, -0.15) is 0 Å². The quantitative estimate of drug-likeness (QED) is 0.557. The number of pyridine rings is 1. The van der Waals surface area contributed by atoms with Crippen LogP contribution in [0.25, 0.3) is 22.4 Å². The van der Waals surface area contributed by atoms with Crippen molar-refractivity contribution in [2.75, 3.05) is 6.54 Å². The van der Waals surface area contributed by atoms with Gasteiger partial charge in [0.15, 0.2) is 0 Å². The molecular formula is C23H24N6O. The number of imidazole rings is 1. The van der Waals surface area contributed by atoms with Crippen molar-refractivity contribution in [2.45, 2.75) is 39.4 Å². The summed E-state index contributed by atoms with van der Waals surface area (Å²) in [5.74, 6) is 1.64. The summed E-state index contributed by atoms with van der Waals surface area (Å²) in [7, 11) is 0. The largest absolute Gasteiger partial charge is 0.327 e. The molecule has 0 saturated heterocycles. The number of para-hydroxylation sites is 2. The molecule has 3 aromatic heterocycles. The number of nitrogens with one attached hydrogen (secondary N) is 1. The van der Waals surface area contributed by atoms with Crippen molar-refractivity contribution in [3.63, 3.8) is 0 Å². The Hall–Kier alpha value is -3.32. The predicted molar refractivity (Wildman–Crippen MR) is 116 cm³/mol. The molecule has 7 heteroatoms. The molecule has 1 aliphatic heterocycles. The monoisotopic (exact) mass is 400 g/mol. The number of benzene rings is 1. The third-order valence-corrected chi connectivity index (χ3v) is 5.63. The molecule has 0 unspecified atom stereocenters. The molecule has 1 aromatic carbocycles. The van der Waals surface area contributed by atoms with Crippen molar-refractivity contribution in [1.82, 2.24) is 29.4 Å². The van der Waals surface area contributed by atoms with E-state index in [-0.39, 0.29) is 5.56 Å². The Labute approximate surface area is 174 Å². The van der Waals surface area contributed by atoms with Gasteiger partial charge < -0.3 is 9.55 Å². The number of rotatable bonds is 5. The zero-order valence-electron chi connectivity index (χ0n) is 17.0. The molecule has 4 aromatic rings. The van der Waals surface area contributed by atoms with Crippen molar-refractivity contribution in [2.24, 2.45) is 0 Å². The van der Waals surface area contributed by atoms with Crippen molar-refractivity contribution in [3.8, 4) is 11.4 Å². The molecule has 152 valence electrons. The summed E-state index contributed by atoms with van der Waals surface area (Å²) in [6.07, 6.45) is 5.24. The molecule has 30 heavy (non-hydrogen) atoms. The molecule has 7 nitrogen and oxygen atoms in total. The fraction of sp³-hybridized carbons (Fsp3) is 0.304. The van der Waals surface area contributed by atoms with Gasteiger partial charge in [-0.05, 0) is 30.7 Å². The Bertz CT molecular complexity index is 1240. The summed E-state index contributed by atoms with van der Waals surface area (Å²) in [6, 6.07) is 12.0. The van der Waals surface area contributed by atoms with Crippen molar-refractivity contribution in [3.05, 3.63) is 76.2 Å². The van der Waals surface area contributed by atoms with E-state index in [0.29, 0.717) is 12.4 Å². The minimum Gasteiger partial charge on any atom is -0.327 e. The van der Waals surface area contributed by atoms with E-state index in [2.05, 4.69) is 44.6 Å². The highest BCUT2D eigenvalue weighted by Crippen LogP contribution is 2.22. The number of nitrogens with zero attached hydrogens (tertiary/aromatic N) is 5. The Balaban J connectivity index is 1.42. The van der Waals surface area contributed by atoms with Crippen LogP contribution in [-0.4, -0.2) is 35.9 Å². The Kier molecular flexibility index (Phi) is 4.88. The van der Waals surface area contributed by atoms with Gasteiger partial charge in [-0.1, -0.05) is 19.1 Å². The minimum atomic E-state index is -0.0642. The van der Waals surface area contributed by atoms with Gasteiger partial charge in [-0.3, -0.25) is 14.7 Å². The van der Waals surface area contributed by atoms with Crippen molar-refractivity contribution >= 4 is 11.0 Å². The van der Waals surface area contributed by atoms with E-state index in [1.165, 1.54) is 5.52 Å². The van der Waals surface area contributed by atoms with E-state index in [9.17, 15) is 4.79 Å². The fourth-order valence-corrected chi connectivity index (χ4v) is 4.17. The maximum Gasteiger partial charge on any atom is 0.255 e. The predicted octanol–water partition coefficient (Wildman–Crippen LogP) is 3.15. The number of aryl methyl sites for hydroxylation is 1. The van der Waals surface area contributed by atoms with E-state index in [4.69, 9.17) is 9.97 Å². The van der Waals surface area contributed by atoms with Crippen LogP contribution in [0.1, 0.15) is 30.4 Å². The van der Waals surface area contributed by atoms with E-state index >= 15 is 0 Å². The number of fused-ring (bicyclic) bond motifs is 2. The van der Waals surface area contributed by atoms with Crippen LogP contribution in [0.2, 0.25) is 0 Å². The van der Waals surface area contributed by atoms with Crippen LogP contribution in [0.15, 0.2) is 53.6 Å². The molecule has 5 rings (SSSR count). The molecule has 0 spiro atoms. The molecule has 0 aliphatic carbocycles. The van der Waals surface area contributed by atoms with Gasteiger partial charge in [-0.25, -0.2) is 9.97 Å². The third-order valence-electron chi connectivity index (χ3n) is 5.63. The summed E-state index contributed by atoms with van der Waals surface area (Å²) in [5.41, 5.74) is 4.60. The zero-order chi connectivity index (χ0) is 20.5. The first-order chi connectivity index (χ1) is 14.7. The van der Waals surface area contributed by atoms with Crippen LogP contribution in [0.5, 0.6) is 0 Å².